The third kappa shape index (κ3) is 4.65. The van der Waals surface area contributed by atoms with Crippen molar-refractivity contribution >= 4 is 5.91 Å². The van der Waals surface area contributed by atoms with E-state index in [2.05, 4.69) is 46.4 Å². The van der Waals surface area contributed by atoms with Gasteiger partial charge in [0.05, 0.1) is 6.42 Å². The number of hydrogen-bond donors (Lipinski definition) is 1. The van der Waals surface area contributed by atoms with E-state index in [9.17, 15) is 4.79 Å². The van der Waals surface area contributed by atoms with E-state index in [-0.39, 0.29) is 5.91 Å². The van der Waals surface area contributed by atoms with Crippen LogP contribution in [0.25, 0.3) is 0 Å². The molecule has 1 N–H and O–H groups in total. The van der Waals surface area contributed by atoms with E-state index in [0.29, 0.717) is 12.3 Å². The molecule has 1 aromatic carbocycles. The molecule has 1 fully saturated rings. The minimum atomic E-state index is 0.0837. The van der Waals surface area contributed by atoms with E-state index in [1.165, 1.54) is 11.1 Å². The quantitative estimate of drug-likeness (QED) is 0.889. The number of hydrogen-bond acceptors (Lipinski definition) is 3. The third-order valence-corrected chi connectivity index (χ3v) is 4.70. The molecule has 0 radical (unpaired) electrons. The smallest absolute Gasteiger partial charge is 0.224 e. The highest BCUT2D eigenvalue weighted by atomic mass is 16.1. The van der Waals surface area contributed by atoms with Crippen molar-refractivity contribution in [1.82, 2.24) is 15.2 Å². The number of rotatable bonds is 6. The van der Waals surface area contributed by atoms with E-state index in [1.807, 2.05) is 12.1 Å². The van der Waals surface area contributed by atoms with Crippen LogP contribution in [0.15, 0.2) is 48.8 Å². The summed E-state index contributed by atoms with van der Waals surface area (Å²) in [4.78, 5) is 18.6. The molecule has 2 aromatic rings. The standard InChI is InChI=1S/C20H25N3O/c1-16-5-2-3-7-19(16)15-23-10-8-18(14-23)13-22-20(24)11-17-6-4-9-21-12-17/h2-7,9,12,18H,8,10-11,13-15H2,1H3,(H,22,24). The summed E-state index contributed by atoms with van der Waals surface area (Å²) in [5.74, 6) is 0.632. The number of nitrogens with zero attached hydrogens (tertiary/aromatic N) is 2. The molecule has 0 spiro atoms. The Hall–Kier alpha value is -2.20. The molecule has 126 valence electrons. The first-order valence-corrected chi connectivity index (χ1v) is 8.63. The van der Waals surface area contributed by atoms with Crippen LogP contribution in [0.4, 0.5) is 0 Å². The van der Waals surface area contributed by atoms with Crippen molar-refractivity contribution in [3.8, 4) is 0 Å². The maximum Gasteiger partial charge on any atom is 0.224 e. The molecule has 0 aliphatic carbocycles. The van der Waals surface area contributed by atoms with Crippen LogP contribution < -0.4 is 5.32 Å². The molecule has 3 rings (SSSR count). The van der Waals surface area contributed by atoms with Crippen molar-refractivity contribution in [3.63, 3.8) is 0 Å². The number of carbonyl (C=O) groups is 1. The highest BCUT2D eigenvalue weighted by Gasteiger charge is 2.23. The van der Waals surface area contributed by atoms with Gasteiger partial charge in [0, 0.05) is 32.0 Å². The molecule has 4 nitrogen and oxygen atoms in total. The van der Waals surface area contributed by atoms with Gasteiger partial charge in [0.25, 0.3) is 0 Å². The summed E-state index contributed by atoms with van der Waals surface area (Å²) in [6.45, 7) is 6.11. The Bertz CT molecular complexity index is 672. The first kappa shape index (κ1) is 16.7. The Kier molecular flexibility index (Phi) is 5.59. The third-order valence-electron chi connectivity index (χ3n) is 4.70. The van der Waals surface area contributed by atoms with Crippen molar-refractivity contribution in [1.29, 1.82) is 0 Å². The van der Waals surface area contributed by atoms with Gasteiger partial charge >= 0.3 is 0 Å². The monoisotopic (exact) mass is 323 g/mol. The fourth-order valence-electron chi connectivity index (χ4n) is 3.26. The molecule has 1 unspecified atom stereocenters. The largest absolute Gasteiger partial charge is 0.355 e. The second kappa shape index (κ2) is 8.06. The Morgan fingerprint density at radius 3 is 2.96 bits per heavy atom. The minimum absolute atomic E-state index is 0.0837. The normalized spacial score (nSPS) is 17.8. The van der Waals surface area contributed by atoms with Crippen molar-refractivity contribution in [2.75, 3.05) is 19.6 Å². The zero-order valence-electron chi connectivity index (χ0n) is 14.2. The molecule has 0 saturated carbocycles. The molecule has 1 aliphatic heterocycles. The fourth-order valence-corrected chi connectivity index (χ4v) is 3.26. The van der Waals surface area contributed by atoms with Gasteiger partial charge < -0.3 is 5.32 Å². The van der Waals surface area contributed by atoms with Crippen molar-refractivity contribution in [2.45, 2.75) is 26.3 Å². The summed E-state index contributed by atoms with van der Waals surface area (Å²) < 4.78 is 0. The number of amides is 1. The first-order valence-electron chi connectivity index (χ1n) is 8.63. The average molecular weight is 323 g/mol. The predicted octanol–water partition coefficient (Wildman–Crippen LogP) is 2.57. The lowest BCUT2D eigenvalue weighted by Gasteiger charge is -2.17. The second-order valence-corrected chi connectivity index (χ2v) is 6.66. The Balaban J connectivity index is 1.41. The van der Waals surface area contributed by atoms with E-state index in [4.69, 9.17) is 0 Å². The fraction of sp³-hybridized carbons (Fsp3) is 0.400. The number of aryl methyl sites for hydroxylation is 1. The zero-order chi connectivity index (χ0) is 16.8. The van der Waals surface area contributed by atoms with Crippen LogP contribution in [0, 0.1) is 12.8 Å². The van der Waals surface area contributed by atoms with E-state index >= 15 is 0 Å². The minimum Gasteiger partial charge on any atom is -0.355 e. The molecular formula is C20H25N3O. The summed E-state index contributed by atoms with van der Waals surface area (Å²) in [5.41, 5.74) is 3.71. The number of benzene rings is 1. The molecule has 1 amide bonds. The first-order chi connectivity index (χ1) is 11.7. The summed E-state index contributed by atoms with van der Waals surface area (Å²) >= 11 is 0. The lowest BCUT2D eigenvalue weighted by molar-refractivity contribution is -0.120. The molecule has 1 aromatic heterocycles. The molecule has 1 saturated heterocycles. The van der Waals surface area contributed by atoms with Crippen molar-refractivity contribution in [3.05, 3.63) is 65.5 Å². The van der Waals surface area contributed by atoms with Gasteiger partial charge in [-0.2, -0.15) is 0 Å². The summed E-state index contributed by atoms with van der Waals surface area (Å²) in [7, 11) is 0. The van der Waals surface area contributed by atoms with Gasteiger partial charge in [0.2, 0.25) is 5.91 Å². The van der Waals surface area contributed by atoms with Crippen LogP contribution in [-0.2, 0) is 17.8 Å². The Labute approximate surface area is 143 Å². The Morgan fingerprint density at radius 1 is 1.29 bits per heavy atom. The van der Waals surface area contributed by atoms with Crippen LogP contribution >= 0.6 is 0 Å². The molecule has 24 heavy (non-hydrogen) atoms. The van der Waals surface area contributed by atoms with Gasteiger partial charge in [-0.25, -0.2) is 0 Å². The van der Waals surface area contributed by atoms with Crippen molar-refractivity contribution < 1.29 is 4.79 Å². The Morgan fingerprint density at radius 2 is 2.17 bits per heavy atom. The van der Waals surface area contributed by atoms with Gasteiger partial charge in [-0.3, -0.25) is 14.7 Å². The van der Waals surface area contributed by atoms with Crippen LogP contribution in [0.1, 0.15) is 23.1 Å². The molecule has 4 heteroatoms. The number of carbonyl (C=O) groups excluding carboxylic acids is 1. The maximum absolute atomic E-state index is 12.0. The highest BCUT2D eigenvalue weighted by molar-refractivity contribution is 5.78. The summed E-state index contributed by atoms with van der Waals surface area (Å²) in [5, 5.41) is 3.08. The topological polar surface area (TPSA) is 45.2 Å². The van der Waals surface area contributed by atoms with Gasteiger partial charge in [-0.15, -0.1) is 0 Å². The average Bonchev–Trinajstić information content (AvgIpc) is 3.04. The van der Waals surface area contributed by atoms with Gasteiger partial charge in [-0.1, -0.05) is 30.3 Å². The number of pyridine rings is 1. The number of nitrogens with one attached hydrogen (secondary N) is 1. The van der Waals surface area contributed by atoms with Crippen molar-refractivity contribution in [2.24, 2.45) is 5.92 Å². The van der Waals surface area contributed by atoms with Crippen LogP contribution in [0.2, 0.25) is 0 Å². The van der Waals surface area contributed by atoms with Gasteiger partial charge in [0.1, 0.15) is 0 Å². The van der Waals surface area contributed by atoms with Gasteiger partial charge in [0.15, 0.2) is 0 Å². The van der Waals surface area contributed by atoms with E-state index < -0.39 is 0 Å². The molecule has 1 aliphatic rings. The molecule has 0 bridgehead atoms. The van der Waals surface area contributed by atoms with Crippen LogP contribution in [0.5, 0.6) is 0 Å². The lowest BCUT2D eigenvalue weighted by Crippen LogP contribution is -2.32. The second-order valence-electron chi connectivity index (χ2n) is 6.66. The van der Waals surface area contributed by atoms with Crippen LogP contribution in [0.3, 0.4) is 0 Å². The molecule has 2 heterocycles. The molecular weight excluding hydrogens is 298 g/mol. The SMILES string of the molecule is Cc1ccccc1CN1CCC(CNC(=O)Cc2cccnc2)C1. The highest BCUT2D eigenvalue weighted by Crippen LogP contribution is 2.19. The summed E-state index contributed by atoms with van der Waals surface area (Å²) in [6, 6.07) is 12.4. The number of likely N-dealkylation sites (tertiary alicyclic amines) is 1. The summed E-state index contributed by atoms with van der Waals surface area (Å²) in [6.07, 6.45) is 5.04. The van der Waals surface area contributed by atoms with E-state index in [1.54, 1.807) is 12.4 Å². The number of aromatic nitrogens is 1. The maximum atomic E-state index is 12.0. The molecule has 1 atom stereocenters. The predicted molar refractivity (Wildman–Crippen MR) is 95.5 cm³/mol. The van der Waals surface area contributed by atoms with Crippen LogP contribution in [-0.4, -0.2) is 35.4 Å². The zero-order valence-corrected chi connectivity index (χ0v) is 14.2. The van der Waals surface area contributed by atoms with Gasteiger partial charge in [-0.05, 0) is 48.6 Å². The van der Waals surface area contributed by atoms with E-state index in [0.717, 1.165) is 38.2 Å². The lowest BCUT2D eigenvalue weighted by atomic mass is 10.1.